The van der Waals surface area contributed by atoms with Gasteiger partial charge in [0, 0.05) is 25.2 Å². The fourth-order valence-corrected chi connectivity index (χ4v) is 3.31. The van der Waals surface area contributed by atoms with Crippen molar-refractivity contribution in [2.75, 3.05) is 11.9 Å². The summed E-state index contributed by atoms with van der Waals surface area (Å²) in [6, 6.07) is 10.5. The van der Waals surface area contributed by atoms with Crippen molar-refractivity contribution in [2.24, 2.45) is 0 Å². The van der Waals surface area contributed by atoms with E-state index in [2.05, 4.69) is 53.4 Å². The number of rotatable bonds is 5. The maximum atomic E-state index is 12.8. The van der Waals surface area contributed by atoms with Gasteiger partial charge in [-0.25, -0.2) is 9.97 Å². The molecule has 132 valence electrons. The molecule has 0 spiro atoms. The topological polar surface area (TPSA) is 58.1 Å². The maximum absolute atomic E-state index is 12.8. The Morgan fingerprint density at radius 2 is 2.04 bits per heavy atom. The number of carbonyl (C=O) groups is 1. The lowest BCUT2D eigenvalue weighted by Gasteiger charge is -2.35. The molecule has 2 aromatic rings. The molecule has 3 rings (SSSR count). The van der Waals surface area contributed by atoms with Gasteiger partial charge < -0.3 is 10.2 Å². The third-order valence-corrected chi connectivity index (χ3v) is 4.84. The fraction of sp³-hybridized carbons (Fsp3) is 0.450. The van der Waals surface area contributed by atoms with E-state index in [0.717, 1.165) is 25.8 Å². The Kier molecular flexibility index (Phi) is 5.64. The van der Waals surface area contributed by atoms with E-state index in [-0.39, 0.29) is 5.91 Å². The Balaban J connectivity index is 1.68. The van der Waals surface area contributed by atoms with E-state index >= 15 is 0 Å². The van der Waals surface area contributed by atoms with Crippen LogP contribution in [0.15, 0.2) is 36.7 Å². The Morgan fingerprint density at radius 3 is 2.80 bits per heavy atom. The molecule has 1 N–H and O–H groups in total. The molecule has 1 saturated heterocycles. The number of piperidine rings is 1. The van der Waals surface area contributed by atoms with Gasteiger partial charge in [-0.2, -0.15) is 0 Å². The normalized spacial score (nSPS) is 17.4. The molecule has 5 heteroatoms. The van der Waals surface area contributed by atoms with E-state index in [9.17, 15) is 4.79 Å². The lowest BCUT2D eigenvalue weighted by atomic mass is 9.99. The Bertz CT molecular complexity index is 714. The van der Waals surface area contributed by atoms with Crippen LogP contribution < -0.4 is 5.32 Å². The van der Waals surface area contributed by atoms with Gasteiger partial charge >= 0.3 is 0 Å². The standard InChI is InChI=1S/C20H26N4O/c1-3-17-6-4-5-11-24(17)20(25)18-12-19(23-14-22-18)21-13-16-9-7-15(2)8-10-16/h7-10,12,14,17H,3-6,11,13H2,1-2H3,(H,21,22,23). The lowest BCUT2D eigenvalue weighted by Crippen LogP contribution is -2.43. The Hall–Kier alpha value is -2.43. The number of hydrogen-bond acceptors (Lipinski definition) is 4. The summed E-state index contributed by atoms with van der Waals surface area (Å²) < 4.78 is 0. The average Bonchev–Trinajstić information content (AvgIpc) is 2.67. The van der Waals surface area contributed by atoms with E-state index in [0.29, 0.717) is 24.1 Å². The van der Waals surface area contributed by atoms with Crippen molar-refractivity contribution in [3.63, 3.8) is 0 Å². The molecule has 1 aromatic heterocycles. The van der Waals surface area contributed by atoms with Gasteiger partial charge in [0.2, 0.25) is 0 Å². The van der Waals surface area contributed by atoms with Gasteiger partial charge in [-0.15, -0.1) is 0 Å². The molecule has 2 heterocycles. The molecule has 0 aliphatic carbocycles. The Labute approximate surface area is 149 Å². The summed E-state index contributed by atoms with van der Waals surface area (Å²) in [5, 5.41) is 3.28. The highest BCUT2D eigenvalue weighted by Crippen LogP contribution is 2.21. The highest BCUT2D eigenvalue weighted by atomic mass is 16.2. The number of likely N-dealkylation sites (tertiary alicyclic amines) is 1. The van der Waals surface area contributed by atoms with Crippen LogP contribution in [0.3, 0.4) is 0 Å². The van der Waals surface area contributed by atoms with E-state index in [4.69, 9.17) is 0 Å². The summed E-state index contributed by atoms with van der Waals surface area (Å²) in [4.78, 5) is 23.3. The second-order valence-electron chi connectivity index (χ2n) is 6.68. The smallest absolute Gasteiger partial charge is 0.272 e. The second kappa shape index (κ2) is 8.10. The second-order valence-corrected chi connectivity index (χ2v) is 6.68. The highest BCUT2D eigenvalue weighted by molar-refractivity contribution is 5.93. The number of nitrogens with one attached hydrogen (secondary N) is 1. The first-order valence-corrected chi connectivity index (χ1v) is 9.10. The van der Waals surface area contributed by atoms with E-state index in [1.54, 1.807) is 6.07 Å². The molecule has 1 aromatic carbocycles. The van der Waals surface area contributed by atoms with E-state index in [1.165, 1.54) is 23.9 Å². The quantitative estimate of drug-likeness (QED) is 0.901. The van der Waals surface area contributed by atoms with Crippen LogP contribution in [0.1, 0.15) is 54.2 Å². The van der Waals surface area contributed by atoms with Crippen LogP contribution >= 0.6 is 0 Å². The number of benzene rings is 1. The summed E-state index contributed by atoms with van der Waals surface area (Å²) in [5.41, 5.74) is 2.90. The largest absolute Gasteiger partial charge is 0.366 e. The molecule has 0 saturated carbocycles. The lowest BCUT2D eigenvalue weighted by molar-refractivity contribution is 0.0602. The number of aromatic nitrogens is 2. The first-order valence-electron chi connectivity index (χ1n) is 9.10. The van der Waals surface area contributed by atoms with Crippen molar-refractivity contribution in [3.8, 4) is 0 Å². The van der Waals surface area contributed by atoms with Crippen LogP contribution in [0, 0.1) is 6.92 Å². The Morgan fingerprint density at radius 1 is 1.24 bits per heavy atom. The summed E-state index contributed by atoms with van der Waals surface area (Å²) in [5.74, 6) is 0.705. The SMILES string of the molecule is CCC1CCCCN1C(=O)c1cc(NCc2ccc(C)cc2)ncn1. The fourth-order valence-electron chi connectivity index (χ4n) is 3.31. The highest BCUT2D eigenvalue weighted by Gasteiger charge is 2.27. The first kappa shape index (κ1) is 17.4. The number of anilines is 1. The molecule has 0 bridgehead atoms. The predicted octanol–water partition coefficient (Wildman–Crippen LogP) is 3.80. The third-order valence-electron chi connectivity index (χ3n) is 4.84. The average molecular weight is 338 g/mol. The van der Waals surface area contributed by atoms with E-state index in [1.807, 2.05) is 4.90 Å². The van der Waals surface area contributed by atoms with Crippen LogP contribution in [0.5, 0.6) is 0 Å². The number of hydrogen-bond donors (Lipinski definition) is 1. The minimum atomic E-state index is 0.0207. The van der Waals surface area contributed by atoms with E-state index < -0.39 is 0 Å². The molecule has 1 amide bonds. The van der Waals surface area contributed by atoms with Crippen molar-refractivity contribution < 1.29 is 4.79 Å². The van der Waals surface area contributed by atoms with Crippen LogP contribution in [0.2, 0.25) is 0 Å². The third kappa shape index (κ3) is 4.35. The molecule has 0 radical (unpaired) electrons. The maximum Gasteiger partial charge on any atom is 0.272 e. The van der Waals surface area contributed by atoms with Gasteiger partial charge in [-0.3, -0.25) is 4.79 Å². The first-order chi connectivity index (χ1) is 12.2. The molecule has 1 fully saturated rings. The summed E-state index contributed by atoms with van der Waals surface area (Å²) in [7, 11) is 0. The number of nitrogens with zero attached hydrogens (tertiary/aromatic N) is 3. The predicted molar refractivity (Wildman–Crippen MR) is 99.5 cm³/mol. The molecular formula is C20H26N4O. The zero-order valence-corrected chi connectivity index (χ0v) is 15.0. The number of amides is 1. The van der Waals surface area contributed by atoms with Gasteiger partial charge in [0.05, 0.1) is 0 Å². The number of carbonyl (C=O) groups excluding carboxylic acids is 1. The van der Waals surface area contributed by atoms with Crippen molar-refractivity contribution in [1.82, 2.24) is 14.9 Å². The zero-order chi connectivity index (χ0) is 17.6. The van der Waals surface area contributed by atoms with Gasteiger partial charge in [0.1, 0.15) is 17.8 Å². The van der Waals surface area contributed by atoms with Gasteiger partial charge in [0.25, 0.3) is 5.91 Å². The van der Waals surface area contributed by atoms with Crippen LogP contribution in [0.4, 0.5) is 5.82 Å². The molecule has 1 atom stereocenters. The van der Waals surface area contributed by atoms with Crippen molar-refractivity contribution >= 4 is 11.7 Å². The van der Waals surface area contributed by atoms with Crippen molar-refractivity contribution in [3.05, 3.63) is 53.5 Å². The van der Waals surface area contributed by atoms with Crippen LogP contribution in [-0.2, 0) is 6.54 Å². The molecule has 5 nitrogen and oxygen atoms in total. The summed E-state index contributed by atoms with van der Waals surface area (Å²) in [6.07, 6.45) is 5.83. The van der Waals surface area contributed by atoms with Crippen LogP contribution in [-0.4, -0.2) is 33.4 Å². The minimum absolute atomic E-state index is 0.0207. The van der Waals surface area contributed by atoms with Gasteiger partial charge in [-0.05, 0) is 38.2 Å². The minimum Gasteiger partial charge on any atom is -0.366 e. The van der Waals surface area contributed by atoms with Gasteiger partial charge in [0.15, 0.2) is 0 Å². The molecule has 1 aliphatic heterocycles. The monoisotopic (exact) mass is 338 g/mol. The zero-order valence-electron chi connectivity index (χ0n) is 15.0. The van der Waals surface area contributed by atoms with Gasteiger partial charge in [-0.1, -0.05) is 36.8 Å². The molecular weight excluding hydrogens is 312 g/mol. The van der Waals surface area contributed by atoms with Crippen molar-refractivity contribution in [1.29, 1.82) is 0 Å². The molecule has 25 heavy (non-hydrogen) atoms. The van der Waals surface area contributed by atoms with Crippen molar-refractivity contribution in [2.45, 2.75) is 52.1 Å². The van der Waals surface area contributed by atoms with Crippen LogP contribution in [0.25, 0.3) is 0 Å². The summed E-state index contributed by atoms with van der Waals surface area (Å²) >= 11 is 0. The molecule has 1 aliphatic rings. The molecule has 1 unspecified atom stereocenters. The summed E-state index contributed by atoms with van der Waals surface area (Å²) in [6.45, 7) is 5.72. The number of aryl methyl sites for hydroxylation is 1.